The van der Waals surface area contributed by atoms with Crippen LogP contribution in [0.3, 0.4) is 0 Å². The third-order valence-corrected chi connectivity index (χ3v) is 1.92. The molecule has 0 saturated carbocycles. The van der Waals surface area contributed by atoms with Crippen molar-refractivity contribution in [1.82, 2.24) is 0 Å². The Morgan fingerprint density at radius 1 is 1.50 bits per heavy atom. The van der Waals surface area contributed by atoms with Crippen LogP contribution in [0.4, 0.5) is 0 Å². The first kappa shape index (κ1) is 12.6. The van der Waals surface area contributed by atoms with Gasteiger partial charge >= 0.3 is 0 Å². The van der Waals surface area contributed by atoms with Crippen LogP contribution < -0.4 is 5.73 Å². The van der Waals surface area contributed by atoms with Gasteiger partial charge in [0.1, 0.15) is 0 Å². The van der Waals surface area contributed by atoms with Crippen molar-refractivity contribution in [3.63, 3.8) is 0 Å². The average molecular weight is 193 g/mol. The third kappa shape index (κ3) is 3.17. The zero-order valence-electron chi connectivity index (χ0n) is 9.39. The number of nitrogens with one attached hydrogen (secondary N) is 1. The average Bonchev–Trinajstić information content (AvgIpc) is 2.11. The van der Waals surface area contributed by atoms with Gasteiger partial charge in [-0.2, -0.15) is 0 Å². The summed E-state index contributed by atoms with van der Waals surface area (Å²) < 4.78 is 0. The highest BCUT2D eigenvalue weighted by Crippen LogP contribution is 2.20. The Hall–Kier alpha value is -1.38. The van der Waals surface area contributed by atoms with Gasteiger partial charge in [0.25, 0.3) is 0 Å². The van der Waals surface area contributed by atoms with E-state index in [-0.39, 0.29) is 5.92 Å². The van der Waals surface area contributed by atoms with Crippen LogP contribution in [0.2, 0.25) is 0 Å². The number of nitrogens with zero attached hydrogens (tertiary/aromatic N) is 1. The second-order valence-electron chi connectivity index (χ2n) is 3.45. The molecule has 0 atom stereocenters. The van der Waals surface area contributed by atoms with Gasteiger partial charge in [-0.3, -0.25) is 4.99 Å². The van der Waals surface area contributed by atoms with Gasteiger partial charge in [0.15, 0.2) is 0 Å². The highest BCUT2D eigenvalue weighted by atomic mass is 14.8. The molecular weight excluding hydrogens is 174 g/mol. The summed E-state index contributed by atoms with van der Waals surface area (Å²) >= 11 is 0. The lowest BCUT2D eigenvalue weighted by molar-refractivity contribution is 0.776. The molecule has 0 spiro atoms. The molecule has 0 aromatic rings. The third-order valence-electron chi connectivity index (χ3n) is 1.92. The summed E-state index contributed by atoms with van der Waals surface area (Å²) in [7, 11) is 0. The van der Waals surface area contributed by atoms with Gasteiger partial charge in [-0.15, -0.1) is 0 Å². The number of aliphatic imine (C=N–C) groups is 1. The first-order chi connectivity index (χ1) is 6.41. The minimum Gasteiger partial charge on any atom is -0.396 e. The molecule has 78 valence electrons. The highest BCUT2D eigenvalue weighted by Gasteiger charge is 2.10. The Bertz CT molecular complexity index is 296. The Balaban J connectivity index is 5.25. The van der Waals surface area contributed by atoms with Crippen LogP contribution in [0.15, 0.2) is 28.5 Å². The van der Waals surface area contributed by atoms with Crippen molar-refractivity contribution >= 4 is 11.9 Å². The van der Waals surface area contributed by atoms with E-state index in [1.165, 1.54) is 0 Å². The van der Waals surface area contributed by atoms with Crippen molar-refractivity contribution in [2.75, 3.05) is 0 Å². The number of hydrogen-bond donors (Lipinski definition) is 2. The van der Waals surface area contributed by atoms with E-state index in [9.17, 15) is 0 Å². The van der Waals surface area contributed by atoms with Crippen molar-refractivity contribution in [2.24, 2.45) is 16.6 Å². The topological polar surface area (TPSA) is 62.2 Å². The van der Waals surface area contributed by atoms with Crippen molar-refractivity contribution in [2.45, 2.75) is 27.7 Å². The summed E-state index contributed by atoms with van der Waals surface area (Å²) in [5.41, 5.74) is 8.00. The van der Waals surface area contributed by atoms with Crippen LogP contribution in [0.5, 0.6) is 0 Å². The quantitative estimate of drug-likeness (QED) is 0.523. The summed E-state index contributed by atoms with van der Waals surface area (Å²) in [5.74, 6) is 0.284. The Labute approximate surface area is 85.9 Å². The smallest absolute Gasteiger partial charge is 0.0901 e. The Kier molecular flexibility index (Phi) is 4.84. The standard InChI is InChI=1S/C11H19N3/c1-6-14-11(8(4)7(2)3)10(13)9(5)12/h6-7,12H,4,13H2,1-3,5H3/b11-10+,12-9?,14-6?. The van der Waals surface area contributed by atoms with Gasteiger partial charge in [0.05, 0.1) is 17.1 Å². The minimum atomic E-state index is 0.284. The van der Waals surface area contributed by atoms with Crippen LogP contribution >= 0.6 is 0 Å². The van der Waals surface area contributed by atoms with E-state index in [1.807, 2.05) is 20.8 Å². The molecule has 0 aliphatic heterocycles. The van der Waals surface area contributed by atoms with E-state index in [2.05, 4.69) is 11.6 Å². The SMILES string of the molecule is C=C(/C(N=CC)=C(\N)C(C)=N)C(C)C. The fourth-order valence-corrected chi connectivity index (χ4v) is 0.906. The molecule has 0 aromatic carbocycles. The van der Waals surface area contributed by atoms with Crippen molar-refractivity contribution < 1.29 is 0 Å². The zero-order chi connectivity index (χ0) is 11.3. The largest absolute Gasteiger partial charge is 0.396 e. The second-order valence-corrected chi connectivity index (χ2v) is 3.45. The summed E-state index contributed by atoms with van der Waals surface area (Å²) in [6, 6.07) is 0. The molecule has 3 heteroatoms. The lowest BCUT2D eigenvalue weighted by Gasteiger charge is -2.12. The molecule has 0 aliphatic rings. The normalized spacial score (nSPS) is 13.2. The molecule has 3 N–H and O–H groups in total. The van der Waals surface area contributed by atoms with E-state index < -0.39 is 0 Å². The van der Waals surface area contributed by atoms with Crippen LogP contribution in [-0.2, 0) is 0 Å². The molecule has 0 fully saturated rings. The fraction of sp³-hybridized carbons (Fsp3) is 0.455. The molecular formula is C11H19N3. The van der Waals surface area contributed by atoms with Crippen LogP contribution in [0, 0.1) is 11.3 Å². The minimum absolute atomic E-state index is 0.284. The molecule has 3 nitrogen and oxygen atoms in total. The van der Waals surface area contributed by atoms with Gasteiger partial charge in [0.2, 0.25) is 0 Å². The summed E-state index contributed by atoms with van der Waals surface area (Å²) in [4.78, 5) is 4.16. The van der Waals surface area contributed by atoms with Gasteiger partial charge in [-0.1, -0.05) is 20.4 Å². The van der Waals surface area contributed by atoms with Crippen molar-refractivity contribution in [3.8, 4) is 0 Å². The van der Waals surface area contributed by atoms with Crippen LogP contribution in [0.1, 0.15) is 27.7 Å². The van der Waals surface area contributed by atoms with E-state index in [0.29, 0.717) is 17.1 Å². The molecule has 0 rings (SSSR count). The van der Waals surface area contributed by atoms with Crippen molar-refractivity contribution in [1.29, 1.82) is 5.41 Å². The van der Waals surface area contributed by atoms with Crippen LogP contribution in [-0.4, -0.2) is 11.9 Å². The monoisotopic (exact) mass is 193 g/mol. The van der Waals surface area contributed by atoms with Crippen LogP contribution in [0.25, 0.3) is 0 Å². The maximum absolute atomic E-state index is 7.45. The molecule has 0 amide bonds. The molecule has 0 aromatic heterocycles. The molecule has 0 unspecified atom stereocenters. The number of hydrogen-bond acceptors (Lipinski definition) is 3. The van der Waals surface area contributed by atoms with E-state index in [4.69, 9.17) is 11.1 Å². The van der Waals surface area contributed by atoms with Gasteiger partial charge in [-0.25, -0.2) is 0 Å². The van der Waals surface area contributed by atoms with E-state index >= 15 is 0 Å². The highest BCUT2D eigenvalue weighted by molar-refractivity contribution is 5.96. The predicted octanol–water partition coefficient (Wildman–Crippen LogP) is 2.50. The number of allylic oxidation sites excluding steroid dienone is 2. The lowest BCUT2D eigenvalue weighted by Crippen LogP contribution is -2.12. The summed E-state index contributed by atoms with van der Waals surface area (Å²) in [5, 5.41) is 7.45. The molecule has 0 heterocycles. The predicted molar refractivity (Wildman–Crippen MR) is 62.8 cm³/mol. The maximum Gasteiger partial charge on any atom is 0.0901 e. The van der Waals surface area contributed by atoms with E-state index in [0.717, 1.165) is 5.57 Å². The molecule has 0 aliphatic carbocycles. The first-order valence-corrected chi connectivity index (χ1v) is 4.64. The first-order valence-electron chi connectivity index (χ1n) is 4.64. The van der Waals surface area contributed by atoms with Gasteiger partial charge in [-0.05, 0) is 25.3 Å². The Morgan fingerprint density at radius 3 is 2.29 bits per heavy atom. The van der Waals surface area contributed by atoms with Crippen molar-refractivity contribution in [3.05, 3.63) is 23.5 Å². The molecule has 0 saturated heterocycles. The molecule has 0 radical (unpaired) electrons. The zero-order valence-corrected chi connectivity index (χ0v) is 9.39. The lowest BCUT2D eigenvalue weighted by atomic mass is 10.00. The molecule has 14 heavy (non-hydrogen) atoms. The summed E-state index contributed by atoms with van der Waals surface area (Å²) in [6.07, 6.45) is 1.67. The summed E-state index contributed by atoms with van der Waals surface area (Å²) in [6.45, 7) is 11.5. The van der Waals surface area contributed by atoms with E-state index in [1.54, 1.807) is 13.1 Å². The maximum atomic E-state index is 7.45. The molecule has 0 bridgehead atoms. The fourth-order valence-electron chi connectivity index (χ4n) is 0.906. The Morgan fingerprint density at radius 2 is 2.00 bits per heavy atom. The number of rotatable bonds is 4. The second kappa shape index (κ2) is 5.37. The van der Waals surface area contributed by atoms with Gasteiger partial charge in [0, 0.05) is 6.21 Å². The van der Waals surface area contributed by atoms with Gasteiger partial charge < -0.3 is 11.1 Å². The number of nitrogens with two attached hydrogens (primary N) is 1.